The van der Waals surface area contributed by atoms with E-state index in [0.29, 0.717) is 30.6 Å². The molecule has 0 spiro atoms. The van der Waals surface area contributed by atoms with E-state index in [1.165, 1.54) is 10.9 Å². The minimum atomic E-state index is -0.127. The van der Waals surface area contributed by atoms with Crippen molar-refractivity contribution < 1.29 is 9.53 Å². The third-order valence-electron chi connectivity index (χ3n) is 4.07. The maximum Gasteiger partial charge on any atom is 0.261 e. The van der Waals surface area contributed by atoms with E-state index in [1.54, 1.807) is 6.07 Å². The molecule has 2 aromatic carbocycles. The number of nitrogens with zero attached hydrogens (tertiary/aromatic N) is 2. The lowest BCUT2D eigenvalue weighted by atomic mass is 10.1. The molecule has 0 atom stereocenters. The summed E-state index contributed by atoms with van der Waals surface area (Å²) in [6, 6.07) is 14.9. The SMILES string of the molecule is Cc1cccc2c(=O)n(CCC(=O)NCCOc3ccccc3)cnc12. The number of ether oxygens (including phenoxy) is 1. The van der Waals surface area contributed by atoms with Crippen molar-refractivity contribution in [1.82, 2.24) is 14.9 Å². The predicted octanol–water partition coefficient (Wildman–Crippen LogP) is 2.29. The zero-order valence-electron chi connectivity index (χ0n) is 14.6. The Morgan fingerprint density at radius 2 is 1.96 bits per heavy atom. The number of aryl methyl sites for hydroxylation is 2. The van der Waals surface area contributed by atoms with Crippen LogP contribution in [-0.2, 0) is 11.3 Å². The van der Waals surface area contributed by atoms with Crippen LogP contribution in [0.2, 0.25) is 0 Å². The van der Waals surface area contributed by atoms with Crippen molar-refractivity contribution in [3.63, 3.8) is 0 Å². The number of hydrogen-bond acceptors (Lipinski definition) is 4. The number of hydrogen-bond donors (Lipinski definition) is 1. The summed E-state index contributed by atoms with van der Waals surface area (Å²) in [4.78, 5) is 28.8. The number of amides is 1. The van der Waals surface area contributed by atoms with E-state index < -0.39 is 0 Å². The summed E-state index contributed by atoms with van der Waals surface area (Å²) in [6.07, 6.45) is 1.72. The Kier molecular flexibility index (Phi) is 5.63. The summed E-state index contributed by atoms with van der Waals surface area (Å²) < 4.78 is 6.99. The molecule has 0 fully saturated rings. The van der Waals surface area contributed by atoms with Crippen molar-refractivity contribution in [2.75, 3.05) is 13.2 Å². The Morgan fingerprint density at radius 3 is 2.77 bits per heavy atom. The third-order valence-corrected chi connectivity index (χ3v) is 4.07. The maximum absolute atomic E-state index is 12.5. The molecule has 26 heavy (non-hydrogen) atoms. The van der Waals surface area contributed by atoms with E-state index in [-0.39, 0.29) is 17.9 Å². The van der Waals surface area contributed by atoms with Gasteiger partial charge in [-0.2, -0.15) is 0 Å². The summed E-state index contributed by atoms with van der Waals surface area (Å²) in [5.41, 5.74) is 1.54. The molecule has 0 unspecified atom stereocenters. The third kappa shape index (κ3) is 4.27. The van der Waals surface area contributed by atoms with Crippen LogP contribution < -0.4 is 15.6 Å². The highest BCUT2D eigenvalue weighted by atomic mass is 16.5. The van der Waals surface area contributed by atoms with Gasteiger partial charge in [-0.25, -0.2) is 4.98 Å². The molecule has 6 heteroatoms. The van der Waals surface area contributed by atoms with Gasteiger partial charge in [-0.05, 0) is 30.7 Å². The topological polar surface area (TPSA) is 73.2 Å². The molecule has 0 saturated heterocycles. The van der Waals surface area contributed by atoms with Gasteiger partial charge in [-0.1, -0.05) is 30.3 Å². The summed E-state index contributed by atoms with van der Waals surface area (Å²) in [5, 5.41) is 3.36. The molecule has 1 amide bonds. The van der Waals surface area contributed by atoms with Crippen LogP contribution in [0.5, 0.6) is 5.75 Å². The molecule has 1 N–H and O–H groups in total. The van der Waals surface area contributed by atoms with E-state index in [2.05, 4.69) is 10.3 Å². The quantitative estimate of drug-likeness (QED) is 0.663. The van der Waals surface area contributed by atoms with Crippen LogP contribution >= 0.6 is 0 Å². The minimum Gasteiger partial charge on any atom is -0.492 e. The van der Waals surface area contributed by atoms with E-state index >= 15 is 0 Å². The van der Waals surface area contributed by atoms with Crippen molar-refractivity contribution in [3.05, 3.63) is 70.8 Å². The van der Waals surface area contributed by atoms with Gasteiger partial charge in [0.2, 0.25) is 5.91 Å². The number of carbonyl (C=O) groups excluding carboxylic acids is 1. The van der Waals surface area contributed by atoms with Crippen LogP contribution in [-0.4, -0.2) is 28.6 Å². The van der Waals surface area contributed by atoms with Crippen LogP contribution in [0.4, 0.5) is 0 Å². The molecule has 0 aliphatic heterocycles. The van der Waals surface area contributed by atoms with Crippen molar-refractivity contribution in [2.24, 2.45) is 0 Å². The van der Waals surface area contributed by atoms with E-state index in [0.717, 1.165) is 11.3 Å². The molecular formula is C20H21N3O3. The summed E-state index contributed by atoms with van der Waals surface area (Å²) >= 11 is 0. The van der Waals surface area contributed by atoms with E-state index in [1.807, 2.05) is 49.4 Å². The molecular weight excluding hydrogens is 330 g/mol. The van der Waals surface area contributed by atoms with Gasteiger partial charge in [0, 0.05) is 13.0 Å². The average molecular weight is 351 g/mol. The fourth-order valence-electron chi connectivity index (χ4n) is 2.68. The Morgan fingerprint density at radius 1 is 1.15 bits per heavy atom. The smallest absolute Gasteiger partial charge is 0.261 e. The molecule has 0 radical (unpaired) electrons. The van der Waals surface area contributed by atoms with Crippen molar-refractivity contribution >= 4 is 16.8 Å². The Labute approximate surface area is 151 Å². The Bertz CT molecular complexity index is 951. The number of rotatable bonds is 7. The first-order valence-electron chi connectivity index (χ1n) is 8.54. The number of para-hydroxylation sites is 2. The predicted molar refractivity (Wildman–Crippen MR) is 100 cm³/mol. The molecule has 134 valence electrons. The van der Waals surface area contributed by atoms with Crippen LogP contribution in [0.25, 0.3) is 10.9 Å². The highest BCUT2D eigenvalue weighted by molar-refractivity contribution is 5.80. The largest absolute Gasteiger partial charge is 0.492 e. The molecule has 3 rings (SSSR count). The molecule has 0 aliphatic rings. The van der Waals surface area contributed by atoms with Crippen molar-refractivity contribution in [1.29, 1.82) is 0 Å². The van der Waals surface area contributed by atoms with Gasteiger partial charge in [-0.3, -0.25) is 14.2 Å². The molecule has 1 heterocycles. The first-order chi connectivity index (χ1) is 12.6. The van der Waals surface area contributed by atoms with Gasteiger partial charge in [0.25, 0.3) is 5.56 Å². The van der Waals surface area contributed by atoms with Gasteiger partial charge >= 0.3 is 0 Å². The zero-order valence-corrected chi connectivity index (χ0v) is 14.6. The zero-order chi connectivity index (χ0) is 18.4. The van der Waals surface area contributed by atoms with Gasteiger partial charge in [0.05, 0.1) is 23.8 Å². The highest BCUT2D eigenvalue weighted by Crippen LogP contribution is 2.11. The van der Waals surface area contributed by atoms with Gasteiger partial charge in [0.15, 0.2) is 0 Å². The first kappa shape index (κ1) is 17.7. The standard InChI is InChI=1S/C20H21N3O3/c1-15-6-5-9-17-19(15)22-14-23(20(17)25)12-10-18(24)21-11-13-26-16-7-3-2-4-8-16/h2-9,14H,10-13H2,1H3,(H,21,24). The van der Waals surface area contributed by atoms with Crippen LogP contribution in [0.1, 0.15) is 12.0 Å². The molecule has 6 nitrogen and oxygen atoms in total. The van der Waals surface area contributed by atoms with Crippen LogP contribution in [0.15, 0.2) is 59.7 Å². The number of benzene rings is 2. The monoisotopic (exact) mass is 351 g/mol. The lowest BCUT2D eigenvalue weighted by Crippen LogP contribution is -2.30. The highest BCUT2D eigenvalue weighted by Gasteiger charge is 2.07. The molecule has 3 aromatic rings. The number of nitrogens with one attached hydrogen (secondary N) is 1. The van der Waals surface area contributed by atoms with Crippen LogP contribution in [0, 0.1) is 6.92 Å². The first-order valence-corrected chi connectivity index (χ1v) is 8.54. The van der Waals surface area contributed by atoms with E-state index in [4.69, 9.17) is 4.74 Å². The summed E-state index contributed by atoms with van der Waals surface area (Å²) in [5.74, 6) is 0.642. The number of fused-ring (bicyclic) bond motifs is 1. The number of aromatic nitrogens is 2. The fraction of sp³-hybridized carbons (Fsp3) is 0.250. The Hall–Kier alpha value is -3.15. The lowest BCUT2D eigenvalue weighted by Gasteiger charge is -2.09. The maximum atomic E-state index is 12.5. The summed E-state index contributed by atoms with van der Waals surface area (Å²) in [7, 11) is 0. The van der Waals surface area contributed by atoms with E-state index in [9.17, 15) is 9.59 Å². The normalized spacial score (nSPS) is 10.7. The number of carbonyl (C=O) groups is 1. The second-order valence-electron chi connectivity index (χ2n) is 5.98. The molecule has 0 bridgehead atoms. The molecule has 1 aromatic heterocycles. The van der Waals surface area contributed by atoms with Crippen molar-refractivity contribution in [2.45, 2.75) is 19.9 Å². The second kappa shape index (κ2) is 8.29. The average Bonchev–Trinajstić information content (AvgIpc) is 2.66. The summed E-state index contributed by atoms with van der Waals surface area (Å²) in [6.45, 7) is 3.02. The van der Waals surface area contributed by atoms with Crippen LogP contribution in [0.3, 0.4) is 0 Å². The Balaban J connectivity index is 1.49. The lowest BCUT2D eigenvalue weighted by molar-refractivity contribution is -0.121. The molecule has 0 saturated carbocycles. The van der Waals surface area contributed by atoms with Gasteiger partial charge < -0.3 is 10.1 Å². The molecule has 0 aliphatic carbocycles. The second-order valence-corrected chi connectivity index (χ2v) is 5.98. The minimum absolute atomic E-state index is 0.126. The van der Waals surface area contributed by atoms with Gasteiger partial charge in [-0.15, -0.1) is 0 Å². The van der Waals surface area contributed by atoms with Gasteiger partial charge in [0.1, 0.15) is 12.4 Å². The van der Waals surface area contributed by atoms with Crippen molar-refractivity contribution in [3.8, 4) is 5.75 Å². The fourth-order valence-corrected chi connectivity index (χ4v) is 2.68.